The summed E-state index contributed by atoms with van der Waals surface area (Å²) < 4.78 is 26.3. The topological polar surface area (TPSA) is 40.5 Å². The van der Waals surface area contributed by atoms with E-state index in [-0.39, 0.29) is 5.92 Å². The molecule has 0 unspecified atom stereocenters. The molecule has 1 N–H and O–H groups in total. The maximum Gasteiger partial charge on any atom is 0.308 e. The first-order chi connectivity index (χ1) is 11.0. The molecule has 2 aromatic rings. The molecular formula is C18H17F2NO2. The number of hydrogen-bond acceptors (Lipinski definition) is 2. The summed E-state index contributed by atoms with van der Waals surface area (Å²) in [6.45, 7) is 1.39. The number of nitrogens with zero attached hydrogens (tertiary/aromatic N) is 1. The Morgan fingerprint density at radius 1 is 1.09 bits per heavy atom. The molecule has 1 aliphatic heterocycles. The highest BCUT2D eigenvalue weighted by Gasteiger charge is 2.38. The maximum atomic E-state index is 13.3. The Morgan fingerprint density at radius 3 is 2.48 bits per heavy atom. The summed E-state index contributed by atoms with van der Waals surface area (Å²) in [4.78, 5) is 13.5. The number of rotatable bonds is 4. The number of hydrogen-bond donors (Lipinski definition) is 1. The number of likely N-dealkylation sites (tertiary alicyclic amines) is 1. The van der Waals surface area contributed by atoms with Gasteiger partial charge in [0.25, 0.3) is 0 Å². The second-order valence-electron chi connectivity index (χ2n) is 5.90. The molecule has 23 heavy (non-hydrogen) atoms. The largest absolute Gasteiger partial charge is 0.481 e. The van der Waals surface area contributed by atoms with Gasteiger partial charge in [-0.05, 0) is 23.3 Å². The average Bonchev–Trinajstić information content (AvgIpc) is 2.96. The summed E-state index contributed by atoms with van der Waals surface area (Å²) >= 11 is 0. The molecule has 3 rings (SSSR count). The zero-order valence-corrected chi connectivity index (χ0v) is 12.5. The van der Waals surface area contributed by atoms with Crippen LogP contribution in [-0.4, -0.2) is 29.1 Å². The minimum Gasteiger partial charge on any atom is -0.481 e. The summed E-state index contributed by atoms with van der Waals surface area (Å²) in [7, 11) is 0. The molecule has 0 spiro atoms. The summed E-state index contributed by atoms with van der Waals surface area (Å²) in [5.74, 6) is -3.18. The van der Waals surface area contributed by atoms with Crippen molar-refractivity contribution >= 4 is 5.97 Å². The van der Waals surface area contributed by atoms with Crippen LogP contribution < -0.4 is 0 Å². The SMILES string of the molecule is O=C(O)[C@@H]1CN(Cc2ccc(F)c(F)c2)C[C@H]1c1ccccc1. The van der Waals surface area contributed by atoms with E-state index in [0.717, 1.165) is 11.6 Å². The second-order valence-corrected chi connectivity index (χ2v) is 5.90. The van der Waals surface area contributed by atoms with Crippen LogP contribution in [0.5, 0.6) is 0 Å². The van der Waals surface area contributed by atoms with Gasteiger partial charge in [-0.3, -0.25) is 9.69 Å². The van der Waals surface area contributed by atoms with Crippen molar-refractivity contribution in [3.63, 3.8) is 0 Å². The van der Waals surface area contributed by atoms with Gasteiger partial charge in [0, 0.05) is 25.6 Å². The van der Waals surface area contributed by atoms with Crippen LogP contribution in [0.15, 0.2) is 48.5 Å². The van der Waals surface area contributed by atoms with Gasteiger partial charge in [0.15, 0.2) is 11.6 Å². The number of benzene rings is 2. The van der Waals surface area contributed by atoms with Gasteiger partial charge in [0.05, 0.1) is 5.92 Å². The van der Waals surface area contributed by atoms with Gasteiger partial charge in [-0.1, -0.05) is 36.4 Å². The lowest BCUT2D eigenvalue weighted by Gasteiger charge is -2.16. The lowest BCUT2D eigenvalue weighted by molar-refractivity contribution is -0.141. The molecule has 0 amide bonds. The third-order valence-corrected chi connectivity index (χ3v) is 4.33. The molecule has 1 saturated heterocycles. The van der Waals surface area contributed by atoms with Gasteiger partial charge >= 0.3 is 5.97 Å². The first-order valence-corrected chi connectivity index (χ1v) is 7.48. The maximum absolute atomic E-state index is 13.3. The van der Waals surface area contributed by atoms with Gasteiger partial charge in [-0.15, -0.1) is 0 Å². The fourth-order valence-corrected chi connectivity index (χ4v) is 3.20. The van der Waals surface area contributed by atoms with Crippen molar-refractivity contribution in [1.29, 1.82) is 0 Å². The lowest BCUT2D eigenvalue weighted by atomic mass is 9.89. The smallest absolute Gasteiger partial charge is 0.308 e. The summed E-state index contributed by atoms with van der Waals surface area (Å²) in [6, 6.07) is 13.4. The molecule has 0 bridgehead atoms. The van der Waals surface area contributed by atoms with Crippen LogP contribution in [0.4, 0.5) is 8.78 Å². The Labute approximate surface area is 133 Å². The normalized spacial score (nSPS) is 21.5. The fourth-order valence-electron chi connectivity index (χ4n) is 3.20. The monoisotopic (exact) mass is 317 g/mol. The van der Waals surface area contributed by atoms with E-state index < -0.39 is 23.5 Å². The van der Waals surface area contributed by atoms with Crippen molar-refractivity contribution in [3.05, 3.63) is 71.3 Å². The number of carbonyl (C=O) groups is 1. The molecule has 0 radical (unpaired) electrons. The van der Waals surface area contributed by atoms with Crippen molar-refractivity contribution in [1.82, 2.24) is 4.90 Å². The van der Waals surface area contributed by atoms with E-state index >= 15 is 0 Å². The van der Waals surface area contributed by atoms with Gasteiger partial charge in [-0.25, -0.2) is 8.78 Å². The van der Waals surface area contributed by atoms with E-state index in [9.17, 15) is 18.7 Å². The van der Waals surface area contributed by atoms with E-state index in [1.54, 1.807) is 0 Å². The minimum atomic E-state index is -0.879. The number of halogens is 2. The van der Waals surface area contributed by atoms with E-state index in [4.69, 9.17) is 0 Å². The van der Waals surface area contributed by atoms with E-state index in [1.165, 1.54) is 12.1 Å². The molecule has 120 valence electrons. The van der Waals surface area contributed by atoms with Crippen LogP contribution in [0.25, 0.3) is 0 Å². The zero-order valence-electron chi connectivity index (χ0n) is 12.5. The van der Waals surface area contributed by atoms with Crippen LogP contribution in [-0.2, 0) is 11.3 Å². The van der Waals surface area contributed by atoms with Crippen molar-refractivity contribution < 1.29 is 18.7 Å². The average molecular weight is 317 g/mol. The third kappa shape index (κ3) is 3.40. The van der Waals surface area contributed by atoms with Crippen LogP contribution in [0.3, 0.4) is 0 Å². The Kier molecular flexibility index (Phi) is 4.39. The van der Waals surface area contributed by atoms with Crippen molar-refractivity contribution in [2.45, 2.75) is 12.5 Å². The predicted octanol–water partition coefficient (Wildman–Crippen LogP) is 3.27. The molecule has 1 fully saturated rings. The molecule has 0 aliphatic carbocycles. The summed E-state index contributed by atoms with van der Waals surface area (Å²) in [5.41, 5.74) is 1.63. The minimum absolute atomic E-state index is 0.0982. The molecule has 0 aromatic heterocycles. The van der Waals surface area contributed by atoms with E-state index in [0.29, 0.717) is 25.2 Å². The fraction of sp³-hybridized carbons (Fsp3) is 0.278. The van der Waals surface area contributed by atoms with Gasteiger partial charge in [-0.2, -0.15) is 0 Å². The molecule has 1 aliphatic rings. The zero-order chi connectivity index (χ0) is 16.4. The molecule has 0 saturated carbocycles. The second kappa shape index (κ2) is 6.46. The van der Waals surface area contributed by atoms with Crippen LogP contribution in [0, 0.1) is 17.6 Å². The van der Waals surface area contributed by atoms with Crippen LogP contribution in [0.2, 0.25) is 0 Å². The highest BCUT2D eigenvalue weighted by Crippen LogP contribution is 2.33. The lowest BCUT2D eigenvalue weighted by Crippen LogP contribution is -2.23. The number of aliphatic carboxylic acids is 1. The molecule has 3 nitrogen and oxygen atoms in total. The Bertz CT molecular complexity index is 705. The third-order valence-electron chi connectivity index (χ3n) is 4.33. The van der Waals surface area contributed by atoms with Crippen molar-refractivity contribution in [2.24, 2.45) is 5.92 Å². The number of carboxylic acids is 1. The Hall–Kier alpha value is -2.27. The highest BCUT2D eigenvalue weighted by molar-refractivity contribution is 5.72. The van der Waals surface area contributed by atoms with Crippen molar-refractivity contribution in [3.8, 4) is 0 Å². The predicted molar refractivity (Wildman–Crippen MR) is 81.9 cm³/mol. The van der Waals surface area contributed by atoms with Crippen LogP contribution >= 0.6 is 0 Å². The standard InChI is InChI=1S/C18H17F2NO2/c19-16-7-6-12(8-17(16)20)9-21-10-14(15(11-21)18(22)23)13-4-2-1-3-5-13/h1-8,14-15H,9-11H2,(H,22,23)/t14-,15+/m0/s1. The molecule has 2 aromatic carbocycles. The van der Waals surface area contributed by atoms with E-state index in [1.807, 2.05) is 35.2 Å². The first kappa shape index (κ1) is 15.6. The molecule has 5 heteroatoms. The quantitative estimate of drug-likeness (QED) is 0.941. The molecule has 1 heterocycles. The first-order valence-electron chi connectivity index (χ1n) is 7.48. The summed E-state index contributed by atoms with van der Waals surface area (Å²) in [5, 5.41) is 9.47. The van der Waals surface area contributed by atoms with Crippen molar-refractivity contribution in [2.75, 3.05) is 13.1 Å². The Balaban J connectivity index is 1.77. The highest BCUT2D eigenvalue weighted by atomic mass is 19.2. The Morgan fingerprint density at radius 2 is 1.83 bits per heavy atom. The van der Waals surface area contributed by atoms with E-state index in [2.05, 4.69) is 0 Å². The summed E-state index contributed by atoms with van der Waals surface area (Å²) in [6.07, 6.45) is 0. The molecular weight excluding hydrogens is 300 g/mol. The molecule has 2 atom stereocenters. The van der Waals surface area contributed by atoms with Gasteiger partial charge < -0.3 is 5.11 Å². The van der Waals surface area contributed by atoms with Crippen LogP contribution in [0.1, 0.15) is 17.0 Å². The van der Waals surface area contributed by atoms with Gasteiger partial charge in [0.1, 0.15) is 0 Å². The van der Waals surface area contributed by atoms with Gasteiger partial charge in [0.2, 0.25) is 0 Å². The number of carboxylic acid groups (broad SMARTS) is 1.